The van der Waals surface area contributed by atoms with Crippen LogP contribution in [0.4, 0.5) is 0 Å². The van der Waals surface area contributed by atoms with Gasteiger partial charge >= 0.3 is 5.97 Å². The molecule has 0 radical (unpaired) electrons. The van der Waals surface area contributed by atoms with Gasteiger partial charge in [-0.05, 0) is 43.7 Å². The molecule has 2 rings (SSSR count). The van der Waals surface area contributed by atoms with Crippen molar-refractivity contribution in [2.45, 2.75) is 51.7 Å². The van der Waals surface area contributed by atoms with Crippen molar-refractivity contribution < 1.29 is 14.3 Å². The van der Waals surface area contributed by atoms with Gasteiger partial charge in [0.15, 0.2) is 6.10 Å². The molecule has 0 spiro atoms. The van der Waals surface area contributed by atoms with E-state index < -0.39 is 12.1 Å². The molecule has 1 N–H and O–H groups in total. The number of hydrogen-bond acceptors (Lipinski definition) is 4. The molecule has 5 heteroatoms. The molecule has 1 unspecified atom stereocenters. The van der Waals surface area contributed by atoms with Crippen LogP contribution >= 0.6 is 11.3 Å². The zero-order chi connectivity index (χ0) is 13.8. The number of hydrogen-bond donors (Lipinski definition) is 1. The summed E-state index contributed by atoms with van der Waals surface area (Å²) in [6, 6.07) is 2.11. The Morgan fingerprint density at radius 1 is 1.42 bits per heavy atom. The number of aryl methyl sites for hydroxylation is 1. The van der Waals surface area contributed by atoms with Gasteiger partial charge in [0.2, 0.25) is 0 Å². The number of thiophene rings is 1. The molecule has 1 aromatic heterocycles. The van der Waals surface area contributed by atoms with Gasteiger partial charge in [-0.15, -0.1) is 11.3 Å². The molecule has 4 nitrogen and oxygen atoms in total. The maximum Gasteiger partial charge on any atom is 0.349 e. The Hall–Kier alpha value is -1.36. The minimum atomic E-state index is -0.741. The summed E-state index contributed by atoms with van der Waals surface area (Å²) in [5, 5.41) is 4.77. The second kappa shape index (κ2) is 6.19. The summed E-state index contributed by atoms with van der Waals surface area (Å²) >= 11 is 1.34. The van der Waals surface area contributed by atoms with E-state index in [2.05, 4.69) is 5.32 Å². The van der Waals surface area contributed by atoms with Gasteiger partial charge in [-0.3, -0.25) is 4.79 Å². The second-order valence-corrected chi connectivity index (χ2v) is 5.89. The van der Waals surface area contributed by atoms with Crippen LogP contribution in [-0.2, 0) is 9.53 Å². The van der Waals surface area contributed by atoms with E-state index in [9.17, 15) is 9.59 Å². The summed E-state index contributed by atoms with van der Waals surface area (Å²) in [6.45, 7) is 3.47. The predicted octanol–water partition coefficient (Wildman–Crippen LogP) is 2.66. The molecular formula is C14H19NO3S. The summed E-state index contributed by atoms with van der Waals surface area (Å²) in [7, 11) is 0. The summed E-state index contributed by atoms with van der Waals surface area (Å²) < 4.78 is 5.21. The molecule has 1 atom stereocenters. The molecule has 1 amide bonds. The monoisotopic (exact) mass is 281 g/mol. The zero-order valence-electron chi connectivity index (χ0n) is 11.3. The molecule has 1 aliphatic carbocycles. The Balaban J connectivity index is 1.86. The van der Waals surface area contributed by atoms with E-state index in [-0.39, 0.29) is 11.9 Å². The number of carbonyl (C=O) groups excluding carboxylic acids is 2. The summed E-state index contributed by atoms with van der Waals surface area (Å²) in [4.78, 5) is 24.4. The van der Waals surface area contributed by atoms with E-state index >= 15 is 0 Å². The standard InChI is InChI=1S/C14H19NO3S/c1-9-7-8-19-12(9)14(17)18-10(2)13(16)15-11-5-3-4-6-11/h7-8,10-11H,3-6H2,1-2H3,(H,15,16). The van der Waals surface area contributed by atoms with Crippen LogP contribution in [0.1, 0.15) is 47.8 Å². The van der Waals surface area contributed by atoms with Crippen LogP contribution < -0.4 is 5.32 Å². The first-order chi connectivity index (χ1) is 9.08. The van der Waals surface area contributed by atoms with Crippen LogP contribution in [0.3, 0.4) is 0 Å². The number of rotatable bonds is 4. The highest BCUT2D eigenvalue weighted by Gasteiger charge is 2.24. The SMILES string of the molecule is Cc1ccsc1C(=O)OC(C)C(=O)NC1CCCC1. The van der Waals surface area contributed by atoms with Gasteiger partial charge in [-0.1, -0.05) is 12.8 Å². The number of nitrogens with one attached hydrogen (secondary N) is 1. The van der Waals surface area contributed by atoms with Gasteiger partial charge in [0.25, 0.3) is 5.91 Å². The van der Waals surface area contributed by atoms with Gasteiger partial charge in [0.05, 0.1) is 0 Å². The van der Waals surface area contributed by atoms with Crippen molar-refractivity contribution in [3.63, 3.8) is 0 Å². The highest BCUT2D eigenvalue weighted by atomic mass is 32.1. The van der Waals surface area contributed by atoms with E-state index in [0.717, 1.165) is 31.2 Å². The van der Waals surface area contributed by atoms with Crippen molar-refractivity contribution in [2.75, 3.05) is 0 Å². The van der Waals surface area contributed by atoms with Crippen LogP contribution in [0, 0.1) is 6.92 Å². The minimum Gasteiger partial charge on any atom is -0.448 e. The maximum absolute atomic E-state index is 11.9. The molecule has 0 saturated heterocycles. The fourth-order valence-electron chi connectivity index (χ4n) is 2.24. The lowest BCUT2D eigenvalue weighted by molar-refractivity contribution is -0.129. The van der Waals surface area contributed by atoms with Crippen LogP contribution in [-0.4, -0.2) is 24.0 Å². The molecule has 1 aliphatic rings. The summed E-state index contributed by atoms with van der Waals surface area (Å²) in [5.74, 6) is -0.615. The van der Waals surface area contributed by atoms with Crippen molar-refractivity contribution in [1.82, 2.24) is 5.32 Å². The Morgan fingerprint density at radius 3 is 2.68 bits per heavy atom. The average molecular weight is 281 g/mol. The number of esters is 1. The van der Waals surface area contributed by atoms with Gasteiger partial charge in [-0.2, -0.15) is 0 Å². The topological polar surface area (TPSA) is 55.4 Å². The summed E-state index contributed by atoms with van der Waals surface area (Å²) in [6.07, 6.45) is 3.63. The molecular weight excluding hydrogens is 262 g/mol. The van der Waals surface area contributed by atoms with E-state index in [4.69, 9.17) is 4.74 Å². The fraction of sp³-hybridized carbons (Fsp3) is 0.571. The number of ether oxygens (including phenoxy) is 1. The highest BCUT2D eigenvalue weighted by Crippen LogP contribution is 2.19. The second-order valence-electron chi connectivity index (χ2n) is 4.97. The number of carbonyl (C=O) groups is 2. The van der Waals surface area contributed by atoms with Crippen molar-refractivity contribution in [1.29, 1.82) is 0 Å². The Morgan fingerprint density at radius 2 is 2.11 bits per heavy atom. The van der Waals surface area contributed by atoms with E-state index in [1.165, 1.54) is 11.3 Å². The molecule has 104 valence electrons. The van der Waals surface area contributed by atoms with E-state index in [0.29, 0.717) is 4.88 Å². The Bertz CT molecular complexity index is 463. The van der Waals surface area contributed by atoms with Gasteiger partial charge < -0.3 is 10.1 Å². The lowest BCUT2D eigenvalue weighted by Gasteiger charge is -2.17. The first-order valence-electron chi connectivity index (χ1n) is 6.63. The van der Waals surface area contributed by atoms with Crippen LogP contribution in [0.25, 0.3) is 0 Å². The zero-order valence-corrected chi connectivity index (χ0v) is 12.1. The molecule has 0 aliphatic heterocycles. The molecule has 0 bridgehead atoms. The third kappa shape index (κ3) is 3.56. The first kappa shape index (κ1) is 14.1. The smallest absolute Gasteiger partial charge is 0.349 e. The molecule has 1 saturated carbocycles. The highest BCUT2D eigenvalue weighted by molar-refractivity contribution is 7.12. The molecule has 0 aromatic carbocycles. The average Bonchev–Trinajstić information content (AvgIpc) is 3.00. The van der Waals surface area contributed by atoms with Gasteiger partial charge in [0, 0.05) is 6.04 Å². The third-order valence-corrected chi connectivity index (χ3v) is 4.40. The van der Waals surface area contributed by atoms with Crippen molar-refractivity contribution >= 4 is 23.2 Å². The molecule has 1 aromatic rings. The quantitative estimate of drug-likeness (QED) is 0.863. The normalized spacial score (nSPS) is 17.2. The van der Waals surface area contributed by atoms with Crippen LogP contribution in [0.15, 0.2) is 11.4 Å². The first-order valence-corrected chi connectivity index (χ1v) is 7.51. The van der Waals surface area contributed by atoms with Crippen LogP contribution in [0.5, 0.6) is 0 Å². The lowest BCUT2D eigenvalue weighted by Crippen LogP contribution is -2.40. The van der Waals surface area contributed by atoms with Crippen molar-refractivity contribution in [2.24, 2.45) is 0 Å². The largest absolute Gasteiger partial charge is 0.448 e. The molecule has 1 heterocycles. The Kier molecular flexibility index (Phi) is 4.58. The van der Waals surface area contributed by atoms with Gasteiger partial charge in [0.1, 0.15) is 4.88 Å². The Labute approximate surface area is 117 Å². The van der Waals surface area contributed by atoms with E-state index in [1.54, 1.807) is 6.92 Å². The van der Waals surface area contributed by atoms with Crippen LogP contribution in [0.2, 0.25) is 0 Å². The third-order valence-electron chi connectivity index (χ3n) is 3.40. The minimum absolute atomic E-state index is 0.200. The summed E-state index contributed by atoms with van der Waals surface area (Å²) in [5.41, 5.74) is 0.887. The molecule has 19 heavy (non-hydrogen) atoms. The lowest BCUT2D eigenvalue weighted by atomic mass is 10.2. The fourth-order valence-corrected chi connectivity index (χ4v) is 3.04. The van der Waals surface area contributed by atoms with Crippen molar-refractivity contribution in [3.8, 4) is 0 Å². The number of amides is 1. The molecule has 1 fully saturated rings. The van der Waals surface area contributed by atoms with E-state index in [1.807, 2.05) is 18.4 Å². The van der Waals surface area contributed by atoms with Gasteiger partial charge in [-0.25, -0.2) is 4.79 Å². The maximum atomic E-state index is 11.9. The predicted molar refractivity (Wildman–Crippen MR) is 74.3 cm³/mol. The van der Waals surface area contributed by atoms with Crippen molar-refractivity contribution in [3.05, 3.63) is 21.9 Å².